The van der Waals surface area contributed by atoms with E-state index in [1.54, 1.807) is 16.9 Å². The minimum absolute atomic E-state index is 0.145. The van der Waals surface area contributed by atoms with E-state index < -0.39 is 0 Å². The molecular formula is C61H85N5O3S. The van der Waals surface area contributed by atoms with Crippen LogP contribution in [0.1, 0.15) is 162 Å². The van der Waals surface area contributed by atoms with Gasteiger partial charge in [0.15, 0.2) is 17.3 Å². The SMILES string of the molecule is CCC=C1CCN(CCCn2ncc3ccccc32)CC1.CCCCC1CCN(CCCC(=O)c2cc3ccccc3s2)CC1.CCCCC1CCN(CCCC(=O)c2oc3ccccc3c2C)CC1. The number of piperidine rings is 3. The highest BCUT2D eigenvalue weighted by atomic mass is 32.1. The van der Waals surface area contributed by atoms with Gasteiger partial charge in [0, 0.05) is 53.5 Å². The number of carbonyl (C=O) groups excluding carboxylic acids is 2. The summed E-state index contributed by atoms with van der Waals surface area (Å²) in [6.07, 6.45) is 26.0. The molecule has 6 aromatic rings. The molecule has 3 fully saturated rings. The second kappa shape index (κ2) is 28.6. The Bertz CT molecular complexity index is 2470. The van der Waals surface area contributed by atoms with Crippen molar-refractivity contribution in [1.29, 1.82) is 0 Å². The normalized spacial score (nSPS) is 16.6. The Morgan fingerprint density at radius 3 is 1.86 bits per heavy atom. The smallest absolute Gasteiger partial charge is 0.198 e. The molecule has 0 saturated carbocycles. The van der Waals surface area contributed by atoms with Crippen molar-refractivity contribution in [2.24, 2.45) is 11.8 Å². The average Bonchev–Trinajstić information content (AvgIpc) is 4.12. The molecule has 0 aliphatic carbocycles. The number of fused-ring (bicyclic) bond motifs is 3. The van der Waals surface area contributed by atoms with Crippen LogP contribution in [0.2, 0.25) is 0 Å². The molecule has 0 amide bonds. The lowest BCUT2D eigenvalue weighted by Crippen LogP contribution is -2.34. The largest absolute Gasteiger partial charge is 0.453 e. The molecule has 0 atom stereocenters. The molecule has 0 spiro atoms. The standard InChI is InChI=1S/C22H31NO2.C21H29NOS.C18H25N3/c1-3-4-8-18-12-15-23(16-13-18)14-7-10-20(24)22-17(2)19-9-5-6-11-21(19)25-22;1-2-3-7-17-11-14-22(15-12-17)13-6-9-19(23)21-16-18-8-4-5-10-20(18)24-21;1-2-6-16-9-13-20(14-10-16)11-5-12-21-18-8-4-3-7-17(18)15-19-21/h5-6,9,11,18H,3-4,7-8,10,12-16H2,1-2H3;4-5,8,10,16-17H,2-3,6-7,9,11-15H2,1H3;3-4,6-8,15H,2,5,9-14H2,1H3. The first-order valence-corrected chi connectivity index (χ1v) is 28.4. The fourth-order valence-corrected chi connectivity index (χ4v) is 11.9. The third kappa shape index (κ3) is 16.0. The first kappa shape index (κ1) is 53.4. The minimum atomic E-state index is 0.145. The molecule has 3 aromatic heterocycles. The number of furan rings is 1. The minimum Gasteiger partial charge on any atom is -0.453 e. The Balaban J connectivity index is 0.000000155. The molecule has 9 rings (SSSR count). The molecule has 0 unspecified atom stereocenters. The third-order valence-corrected chi connectivity index (χ3v) is 16.4. The second-order valence-corrected chi connectivity index (χ2v) is 21.6. The van der Waals surface area contributed by atoms with E-state index >= 15 is 0 Å². The lowest BCUT2D eigenvalue weighted by Gasteiger charge is -2.31. The summed E-state index contributed by atoms with van der Waals surface area (Å²) < 4.78 is 9.15. The van der Waals surface area contributed by atoms with E-state index in [0.29, 0.717) is 24.4 Å². The topological polar surface area (TPSA) is 74.8 Å². The van der Waals surface area contributed by atoms with E-state index in [2.05, 4.69) is 93.8 Å². The molecule has 3 aromatic carbocycles. The van der Waals surface area contributed by atoms with Crippen LogP contribution in [0.3, 0.4) is 0 Å². The van der Waals surface area contributed by atoms with E-state index in [1.807, 2.05) is 49.5 Å². The summed E-state index contributed by atoms with van der Waals surface area (Å²) in [6.45, 7) is 20.4. The number of unbranched alkanes of at least 4 members (excludes halogenated alkanes) is 2. The summed E-state index contributed by atoms with van der Waals surface area (Å²) in [4.78, 5) is 33.6. The number of para-hydroxylation sites is 2. The van der Waals surface area contributed by atoms with Crippen LogP contribution in [-0.2, 0) is 6.54 Å². The average molecular weight is 968 g/mol. The number of carbonyl (C=O) groups is 2. The van der Waals surface area contributed by atoms with Crippen LogP contribution >= 0.6 is 11.3 Å². The summed E-state index contributed by atoms with van der Waals surface area (Å²) in [7, 11) is 0. The Morgan fingerprint density at radius 1 is 0.657 bits per heavy atom. The van der Waals surface area contributed by atoms with Crippen molar-refractivity contribution in [2.75, 3.05) is 58.9 Å². The van der Waals surface area contributed by atoms with Gasteiger partial charge in [0.1, 0.15) is 5.58 Å². The maximum Gasteiger partial charge on any atom is 0.198 e. The van der Waals surface area contributed by atoms with Gasteiger partial charge in [-0.05, 0) is 158 Å². The van der Waals surface area contributed by atoms with Crippen molar-refractivity contribution in [3.05, 3.63) is 113 Å². The highest BCUT2D eigenvalue weighted by Crippen LogP contribution is 2.29. The van der Waals surface area contributed by atoms with E-state index in [-0.39, 0.29) is 5.78 Å². The fraction of sp³-hybridized carbons (Fsp3) is 0.557. The maximum atomic E-state index is 12.5. The summed E-state index contributed by atoms with van der Waals surface area (Å²) >= 11 is 1.64. The van der Waals surface area contributed by atoms with Crippen molar-refractivity contribution in [3.63, 3.8) is 0 Å². The van der Waals surface area contributed by atoms with E-state index in [0.717, 1.165) is 65.7 Å². The molecule has 8 nitrogen and oxygen atoms in total. The monoisotopic (exact) mass is 968 g/mol. The van der Waals surface area contributed by atoms with Gasteiger partial charge in [-0.15, -0.1) is 11.3 Å². The zero-order chi connectivity index (χ0) is 48.9. The van der Waals surface area contributed by atoms with Crippen LogP contribution in [-0.4, -0.2) is 94.9 Å². The molecule has 70 heavy (non-hydrogen) atoms. The molecule has 378 valence electrons. The van der Waals surface area contributed by atoms with Crippen LogP contribution in [0.25, 0.3) is 32.0 Å². The predicted octanol–water partition coefficient (Wildman–Crippen LogP) is 15.2. The number of rotatable bonds is 21. The Labute approximate surface area is 424 Å². The van der Waals surface area contributed by atoms with Crippen LogP contribution in [0, 0.1) is 18.8 Å². The highest BCUT2D eigenvalue weighted by Gasteiger charge is 2.22. The van der Waals surface area contributed by atoms with E-state index in [4.69, 9.17) is 4.42 Å². The van der Waals surface area contributed by atoms with E-state index in [9.17, 15) is 9.59 Å². The van der Waals surface area contributed by atoms with Crippen molar-refractivity contribution < 1.29 is 14.0 Å². The number of Topliss-reactive ketones (excluding diaryl/α,β-unsaturated/α-hetero) is 2. The molecule has 3 aliphatic heterocycles. The Kier molecular flexibility index (Phi) is 21.8. The predicted molar refractivity (Wildman–Crippen MR) is 296 cm³/mol. The lowest BCUT2D eigenvalue weighted by molar-refractivity contribution is 0.0942. The number of benzene rings is 3. The maximum absolute atomic E-state index is 12.5. The van der Waals surface area contributed by atoms with Crippen LogP contribution in [0.4, 0.5) is 0 Å². The van der Waals surface area contributed by atoms with Gasteiger partial charge >= 0.3 is 0 Å². The van der Waals surface area contributed by atoms with Gasteiger partial charge in [0.05, 0.1) is 16.6 Å². The molecule has 9 heteroatoms. The first-order valence-electron chi connectivity index (χ1n) is 27.6. The zero-order valence-electron chi connectivity index (χ0n) is 43.5. The number of aryl methyl sites for hydroxylation is 2. The summed E-state index contributed by atoms with van der Waals surface area (Å²) in [6, 6.07) is 26.7. The lowest BCUT2D eigenvalue weighted by atomic mass is 9.91. The summed E-state index contributed by atoms with van der Waals surface area (Å²) in [5, 5.41) is 7.99. The fourth-order valence-electron chi connectivity index (χ4n) is 10.9. The van der Waals surface area contributed by atoms with Crippen LogP contribution in [0.15, 0.2) is 101 Å². The quantitative estimate of drug-likeness (QED) is 0.0525. The zero-order valence-corrected chi connectivity index (χ0v) is 44.3. The molecule has 0 bridgehead atoms. The molecule has 3 aliphatic rings. The molecule has 0 radical (unpaired) electrons. The van der Waals surface area contributed by atoms with Gasteiger partial charge < -0.3 is 19.1 Å². The molecular weight excluding hydrogens is 883 g/mol. The van der Waals surface area contributed by atoms with Gasteiger partial charge in [-0.3, -0.25) is 14.3 Å². The van der Waals surface area contributed by atoms with Crippen molar-refractivity contribution >= 4 is 54.9 Å². The number of hydrogen-bond acceptors (Lipinski definition) is 8. The van der Waals surface area contributed by atoms with Crippen LogP contribution < -0.4 is 0 Å². The molecule has 0 N–H and O–H groups in total. The second-order valence-electron chi connectivity index (χ2n) is 20.5. The van der Waals surface area contributed by atoms with Crippen molar-refractivity contribution in [1.82, 2.24) is 24.5 Å². The Hall–Kier alpha value is -4.41. The number of nitrogens with zero attached hydrogens (tertiary/aromatic N) is 5. The van der Waals surface area contributed by atoms with E-state index in [1.165, 1.54) is 157 Å². The number of likely N-dealkylation sites (tertiary alicyclic amines) is 3. The summed E-state index contributed by atoms with van der Waals surface area (Å²) in [5.41, 5.74) is 4.71. The number of aromatic nitrogens is 2. The van der Waals surface area contributed by atoms with Crippen molar-refractivity contribution in [3.8, 4) is 0 Å². The van der Waals surface area contributed by atoms with Gasteiger partial charge in [-0.1, -0.05) is 126 Å². The van der Waals surface area contributed by atoms with Crippen molar-refractivity contribution in [2.45, 2.75) is 150 Å². The van der Waals surface area contributed by atoms with Gasteiger partial charge in [-0.25, -0.2) is 0 Å². The number of allylic oxidation sites excluding steroid dienone is 1. The third-order valence-electron chi connectivity index (χ3n) is 15.3. The van der Waals surface area contributed by atoms with Crippen LogP contribution in [0.5, 0.6) is 0 Å². The highest BCUT2D eigenvalue weighted by molar-refractivity contribution is 7.20. The number of hydrogen-bond donors (Lipinski definition) is 0. The number of thiophene rings is 1. The Morgan fingerprint density at radius 2 is 1.23 bits per heavy atom. The first-order chi connectivity index (χ1) is 34.3. The molecule has 6 heterocycles. The van der Waals surface area contributed by atoms with Gasteiger partial charge in [-0.2, -0.15) is 5.10 Å². The molecule has 3 saturated heterocycles. The van der Waals surface area contributed by atoms with Gasteiger partial charge in [0.2, 0.25) is 0 Å². The summed E-state index contributed by atoms with van der Waals surface area (Å²) in [5.74, 6) is 2.89. The number of ketones is 2. The van der Waals surface area contributed by atoms with Gasteiger partial charge in [0.25, 0.3) is 0 Å².